The van der Waals surface area contributed by atoms with Crippen LogP contribution < -0.4 is 10.1 Å². The van der Waals surface area contributed by atoms with Crippen LogP contribution >= 0.6 is 11.8 Å². The van der Waals surface area contributed by atoms with E-state index in [1.807, 2.05) is 17.8 Å². The van der Waals surface area contributed by atoms with Crippen molar-refractivity contribution in [2.75, 3.05) is 12.9 Å². The fourth-order valence-electron chi connectivity index (χ4n) is 1.99. The number of hydrogen-bond acceptors (Lipinski definition) is 3. The molecular formula is C12H15NOS. The minimum absolute atomic E-state index is 0.535. The molecule has 1 aliphatic heterocycles. The van der Waals surface area contributed by atoms with E-state index in [2.05, 4.69) is 17.4 Å². The average Bonchev–Trinajstić information content (AvgIpc) is 3.00. The second-order valence-corrected chi connectivity index (χ2v) is 5.27. The Morgan fingerprint density at radius 1 is 1.40 bits per heavy atom. The number of methoxy groups -OCH3 is 1. The molecule has 3 heteroatoms. The predicted octanol–water partition coefficient (Wildman–Crippen LogP) is 2.59. The lowest BCUT2D eigenvalue weighted by Gasteiger charge is -2.13. The van der Waals surface area contributed by atoms with Gasteiger partial charge in [-0.25, -0.2) is 0 Å². The molecule has 1 heterocycles. The molecule has 0 spiro atoms. The minimum Gasteiger partial charge on any atom is -0.497 e. The Morgan fingerprint density at radius 2 is 2.27 bits per heavy atom. The lowest BCUT2D eigenvalue weighted by Crippen LogP contribution is -2.23. The van der Waals surface area contributed by atoms with Crippen LogP contribution in [-0.2, 0) is 0 Å². The van der Waals surface area contributed by atoms with E-state index in [0.29, 0.717) is 6.04 Å². The SMILES string of the molecule is COc1ccc2c(c1)C(NC1CC1)CS2. The normalized spacial score (nSPS) is 23.9. The van der Waals surface area contributed by atoms with Gasteiger partial charge in [0.05, 0.1) is 7.11 Å². The molecule has 2 aliphatic rings. The second kappa shape index (κ2) is 3.72. The van der Waals surface area contributed by atoms with E-state index in [9.17, 15) is 0 Å². The van der Waals surface area contributed by atoms with Gasteiger partial charge in [-0.3, -0.25) is 0 Å². The molecular weight excluding hydrogens is 206 g/mol. The molecule has 1 atom stereocenters. The van der Waals surface area contributed by atoms with Crippen molar-refractivity contribution in [2.24, 2.45) is 0 Å². The van der Waals surface area contributed by atoms with Crippen LogP contribution in [0.4, 0.5) is 0 Å². The first kappa shape index (κ1) is 9.55. The van der Waals surface area contributed by atoms with E-state index in [0.717, 1.165) is 11.8 Å². The van der Waals surface area contributed by atoms with Gasteiger partial charge in [0.25, 0.3) is 0 Å². The summed E-state index contributed by atoms with van der Waals surface area (Å²) in [5.41, 5.74) is 1.42. The van der Waals surface area contributed by atoms with E-state index in [1.165, 1.54) is 29.1 Å². The van der Waals surface area contributed by atoms with E-state index in [-0.39, 0.29) is 0 Å². The van der Waals surface area contributed by atoms with Gasteiger partial charge in [-0.15, -0.1) is 11.8 Å². The maximum Gasteiger partial charge on any atom is 0.119 e. The van der Waals surface area contributed by atoms with E-state index in [1.54, 1.807) is 7.11 Å². The molecule has 80 valence electrons. The van der Waals surface area contributed by atoms with Crippen LogP contribution in [0.3, 0.4) is 0 Å². The third-order valence-electron chi connectivity index (χ3n) is 3.01. The Morgan fingerprint density at radius 3 is 3.00 bits per heavy atom. The van der Waals surface area contributed by atoms with E-state index in [4.69, 9.17) is 4.74 Å². The largest absolute Gasteiger partial charge is 0.497 e. The first-order valence-corrected chi connectivity index (χ1v) is 6.42. The zero-order chi connectivity index (χ0) is 10.3. The van der Waals surface area contributed by atoms with Gasteiger partial charge in [0.15, 0.2) is 0 Å². The van der Waals surface area contributed by atoms with Crippen LogP contribution in [0.5, 0.6) is 5.75 Å². The first-order valence-electron chi connectivity index (χ1n) is 5.43. The molecule has 1 saturated carbocycles. The van der Waals surface area contributed by atoms with Crippen LogP contribution in [0, 0.1) is 0 Å². The van der Waals surface area contributed by atoms with Crippen LogP contribution in [0.2, 0.25) is 0 Å². The number of ether oxygens (including phenoxy) is 1. The Kier molecular flexibility index (Phi) is 2.37. The maximum atomic E-state index is 5.27. The number of hydrogen-bond donors (Lipinski definition) is 1. The highest BCUT2D eigenvalue weighted by Gasteiger charge is 2.30. The molecule has 0 radical (unpaired) electrons. The molecule has 0 amide bonds. The topological polar surface area (TPSA) is 21.3 Å². The number of benzene rings is 1. The summed E-state index contributed by atoms with van der Waals surface area (Å²) in [6.45, 7) is 0. The fourth-order valence-corrected chi connectivity index (χ4v) is 3.15. The summed E-state index contributed by atoms with van der Waals surface area (Å²) in [6.07, 6.45) is 2.70. The number of fused-ring (bicyclic) bond motifs is 1. The Bertz CT molecular complexity index is 376. The van der Waals surface area contributed by atoms with Crippen LogP contribution in [0.15, 0.2) is 23.1 Å². The highest BCUT2D eigenvalue weighted by atomic mass is 32.2. The van der Waals surface area contributed by atoms with Gasteiger partial charge < -0.3 is 10.1 Å². The van der Waals surface area contributed by atoms with Crippen LogP contribution in [0.25, 0.3) is 0 Å². The van der Waals surface area contributed by atoms with Crippen molar-refractivity contribution in [3.05, 3.63) is 23.8 Å². The van der Waals surface area contributed by atoms with Crippen molar-refractivity contribution in [3.8, 4) is 5.75 Å². The number of rotatable bonds is 3. The van der Waals surface area contributed by atoms with Crippen molar-refractivity contribution in [2.45, 2.75) is 29.8 Å². The highest BCUT2D eigenvalue weighted by Crippen LogP contribution is 2.41. The molecule has 2 nitrogen and oxygen atoms in total. The molecule has 1 N–H and O–H groups in total. The zero-order valence-electron chi connectivity index (χ0n) is 8.82. The van der Waals surface area contributed by atoms with E-state index >= 15 is 0 Å². The third-order valence-corrected chi connectivity index (χ3v) is 4.19. The summed E-state index contributed by atoms with van der Waals surface area (Å²) < 4.78 is 5.27. The Balaban J connectivity index is 1.85. The molecule has 0 saturated heterocycles. The minimum atomic E-state index is 0.535. The smallest absolute Gasteiger partial charge is 0.119 e. The lowest BCUT2D eigenvalue weighted by atomic mass is 10.1. The molecule has 1 fully saturated rings. The molecule has 0 bridgehead atoms. The van der Waals surface area contributed by atoms with Crippen molar-refractivity contribution >= 4 is 11.8 Å². The maximum absolute atomic E-state index is 5.27. The first-order chi connectivity index (χ1) is 7.36. The third kappa shape index (κ3) is 1.86. The lowest BCUT2D eigenvalue weighted by molar-refractivity contribution is 0.413. The summed E-state index contributed by atoms with van der Waals surface area (Å²) >= 11 is 1.95. The monoisotopic (exact) mass is 221 g/mol. The summed E-state index contributed by atoms with van der Waals surface area (Å²) in [5, 5.41) is 3.68. The highest BCUT2D eigenvalue weighted by molar-refractivity contribution is 7.99. The summed E-state index contributed by atoms with van der Waals surface area (Å²) in [5.74, 6) is 2.14. The van der Waals surface area contributed by atoms with E-state index < -0.39 is 0 Å². The van der Waals surface area contributed by atoms with Gasteiger partial charge in [-0.05, 0) is 36.6 Å². The predicted molar refractivity (Wildman–Crippen MR) is 62.6 cm³/mol. The fraction of sp³-hybridized carbons (Fsp3) is 0.500. The summed E-state index contributed by atoms with van der Waals surface area (Å²) in [4.78, 5) is 1.41. The Hall–Kier alpha value is -0.670. The molecule has 0 aromatic heterocycles. The molecule has 3 rings (SSSR count). The van der Waals surface area contributed by atoms with Gasteiger partial charge >= 0.3 is 0 Å². The van der Waals surface area contributed by atoms with Crippen LogP contribution in [0.1, 0.15) is 24.4 Å². The van der Waals surface area contributed by atoms with Gasteiger partial charge in [0.2, 0.25) is 0 Å². The summed E-state index contributed by atoms with van der Waals surface area (Å²) in [7, 11) is 1.73. The number of nitrogens with one attached hydrogen (secondary N) is 1. The van der Waals surface area contributed by atoms with Crippen LogP contribution in [-0.4, -0.2) is 18.9 Å². The molecule has 1 aliphatic carbocycles. The average molecular weight is 221 g/mol. The summed E-state index contributed by atoms with van der Waals surface area (Å²) in [6, 6.07) is 7.70. The van der Waals surface area contributed by atoms with Crippen molar-refractivity contribution in [3.63, 3.8) is 0 Å². The van der Waals surface area contributed by atoms with Crippen molar-refractivity contribution < 1.29 is 4.74 Å². The standard InChI is InChI=1S/C12H15NOS/c1-14-9-4-5-12-10(6-9)11(7-15-12)13-8-2-3-8/h4-6,8,11,13H,2-3,7H2,1H3. The van der Waals surface area contributed by atoms with Gasteiger partial charge in [-0.2, -0.15) is 0 Å². The zero-order valence-corrected chi connectivity index (χ0v) is 9.64. The Labute approximate surface area is 94.4 Å². The van der Waals surface area contributed by atoms with Gasteiger partial charge in [0, 0.05) is 22.7 Å². The molecule has 1 aromatic carbocycles. The molecule has 1 unspecified atom stereocenters. The van der Waals surface area contributed by atoms with Gasteiger partial charge in [-0.1, -0.05) is 0 Å². The molecule has 1 aromatic rings. The van der Waals surface area contributed by atoms with Gasteiger partial charge in [0.1, 0.15) is 5.75 Å². The number of thioether (sulfide) groups is 1. The van der Waals surface area contributed by atoms with Crippen molar-refractivity contribution in [1.29, 1.82) is 0 Å². The molecule has 15 heavy (non-hydrogen) atoms. The second-order valence-electron chi connectivity index (χ2n) is 4.21. The van der Waals surface area contributed by atoms with Crippen molar-refractivity contribution in [1.82, 2.24) is 5.32 Å². The quantitative estimate of drug-likeness (QED) is 0.847.